The summed E-state index contributed by atoms with van der Waals surface area (Å²) >= 11 is 0. The highest BCUT2D eigenvalue weighted by Crippen LogP contribution is 2.44. The Kier molecular flexibility index (Phi) is 6.02. The van der Waals surface area contributed by atoms with Crippen LogP contribution in [-0.2, 0) is 9.59 Å². The standard InChI is InChI=1S/C14H23NO4/c1-2-7-15(8-9-16)12(17)10-14(11-13(18)19)5-3-4-6-14/h2,16H,1,3-11H2,(H,18,19). The number of carbonyl (C=O) groups is 2. The minimum absolute atomic E-state index is 0.0554. The first-order chi connectivity index (χ1) is 9.03. The quantitative estimate of drug-likeness (QED) is 0.653. The van der Waals surface area contributed by atoms with Crippen molar-refractivity contribution in [2.24, 2.45) is 5.41 Å². The van der Waals surface area contributed by atoms with Crippen molar-refractivity contribution in [1.82, 2.24) is 4.90 Å². The minimum Gasteiger partial charge on any atom is -0.481 e. The molecule has 108 valence electrons. The average Bonchev–Trinajstić information content (AvgIpc) is 2.76. The Bertz CT molecular complexity index is 334. The summed E-state index contributed by atoms with van der Waals surface area (Å²) in [4.78, 5) is 24.8. The van der Waals surface area contributed by atoms with Gasteiger partial charge in [0, 0.05) is 19.5 Å². The zero-order valence-corrected chi connectivity index (χ0v) is 11.3. The molecule has 0 aromatic carbocycles. The molecular weight excluding hydrogens is 246 g/mol. The molecule has 0 aromatic heterocycles. The van der Waals surface area contributed by atoms with Gasteiger partial charge < -0.3 is 15.1 Å². The number of carboxylic acid groups (broad SMARTS) is 1. The molecule has 5 nitrogen and oxygen atoms in total. The van der Waals surface area contributed by atoms with Crippen LogP contribution in [0.15, 0.2) is 12.7 Å². The van der Waals surface area contributed by atoms with Gasteiger partial charge in [-0.25, -0.2) is 0 Å². The number of aliphatic hydroxyl groups is 1. The first-order valence-corrected chi connectivity index (χ1v) is 6.74. The monoisotopic (exact) mass is 269 g/mol. The third-order valence-corrected chi connectivity index (χ3v) is 3.79. The van der Waals surface area contributed by atoms with Gasteiger partial charge in [-0.15, -0.1) is 6.58 Å². The molecule has 0 bridgehead atoms. The number of carbonyl (C=O) groups excluding carboxylic acids is 1. The Morgan fingerprint density at radius 3 is 2.37 bits per heavy atom. The summed E-state index contributed by atoms with van der Waals surface area (Å²) in [7, 11) is 0. The van der Waals surface area contributed by atoms with Gasteiger partial charge in [0.2, 0.25) is 5.91 Å². The molecule has 1 fully saturated rings. The molecule has 1 aliphatic carbocycles. The van der Waals surface area contributed by atoms with Crippen molar-refractivity contribution in [1.29, 1.82) is 0 Å². The highest BCUT2D eigenvalue weighted by atomic mass is 16.4. The lowest BCUT2D eigenvalue weighted by molar-refractivity contribution is -0.141. The van der Waals surface area contributed by atoms with Crippen LogP contribution >= 0.6 is 0 Å². The lowest BCUT2D eigenvalue weighted by atomic mass is 9.79. The zero-order valence-electron chi connectivity index (χ0n) is 11.3. The Morgan fingerprint density at radius 2 is 1.89 bits per heavy atom. The van der Waals surface area contributed by atoms with Crippen molar-refractivity contribution in [3.8, 4) is 0 Å². The van der Waals surface area contributed by atoms with Crippen LogP contribution in [0.5, 0.6) is 0 Å². The van der Waals surface area contributed by atoms with Crippen LogP contribution in [0.4, 0.5) is 0 Å². The number of carboxylic acids is 1. The number of aliphatic carboxylic acids is 1. The number of rotatable bonds is 8. The molecule has 0 unspecified atom stereocenters. The molecule has 1 aliphatic rings. The number of aliphatic hydroxyl groups excluding tert-OH is 1. The molecular formula is C14H23NO4. The van der Waals surface area contributed by atoms with E-state index in [1.807, 2.05) is 0 Å². The molecule has 19 heavy (non-hydrogen) atoms. The van der Waals surface area contributed by atoms with Gasteiger partial charge >= 0.3 is 5.97 Å². The van der Waals surface area contributed by atoms with Gasteiger partial charge in [0.15, 0.2) is 0 Å². The second-order valence-electron chi connectivity index (χ2n) is 5.31. The zero-order chi connectivity index (χ0) is 14.3. The van der Waals surface area contributed by atoms with E-state index in [4.69, 9.17) is 10.2 Å². The number of hydrogen-bond donors (Lipinski definition) is 2. The second kappa shape index (κ2) is 7.28. The largest absolute Gasteiger partial charge is 0.481 e. The van der Waals surface area contributed by atoms with E-state index >= 15 is 0 Å². The molecule has 2 N–H and O–H groups in total. The Hall–Kier alpha value is -1.36. The van der Waals surface area contributed by atoms with Gasteiger partial charge in [-0.3, -0.25) is 9.59 Å². The van der Waals surface area contributed by atoms with Gasteiger partial charge in [-0.05, 0) is 18.3 Å². The Balaban J connectivity index is 2.69. The first kappa shape index (κ1) is 15.7. The fourth-order valence-corrected chi connectivity index (χ4v) is 2.89. The topological polar surface area (TPSA) is 77.8 Å². The van der Waals surface area contributed by atoms with Crippen molar-refractivity contribution in [3.63, 3.8) is 0 Å². The summed E-state index contributed by atoms with van der Waals surface area (Å²) in [5, 5.41) is 18.0. The predicted octanol–water partition coefficient (Wildman–Crippen LogP) is 1.42. The van der Waals surface area contributed by atoms with E-state index in [-0.39, 0.29) is 31.9 Å². The third-order valence-electron chi connectivity index (χ3n) is 3.79. The SMILES string of the molecule is C=CCN(CCO)C(=O)CC1(CC(=O)O)CCCC1. The molecule has 0 aromatic rings. The lowest BCUT2D eigenvalue weighted by Crippen LogP contribution is -2.37. The van der Waals surface area contributed by atoms with Gasteiger partial charge in [0.25, 0.3) is 0 Å². The molecule has 1 rings (SSSR count). The maximum Gasteiger partial charge on any atom is 0.303 e. The summed E-state index contributed by atoms with van der Waals surface area (Å²) in [5.74, 6) is -0.927. The van der Waals surface area contributed by atoms with Gasteiger partial charge in [0.05, 0.1) is 13.0 Å². The summed E-state index contributed by atoms with van der Waals surface area (Å²) in [5.41, 5.74) is -0.391. The molecule has 0 atom stereocenters. The number of nitrogens with zero attached hydrogens (tertiary/aromatic N) is 1. The van der Waals surface area contributed by atoms with Crippen LogP contribution in [0, 0.1) is 5.41 Å². The van der Waals surface area contributed by atoms with E-state index in [0.717, 1.165) is 25.7 Å². The van der Waals surface area contributed by atoms with Crippen molar-refractivity contribution >= 4 is 11.9 Å². The van der Waals surface area contributed by atoms with Crippen LogP contribution in [0.3, 0.4) is 0 Å². The highest BCUT2D eigenvalue weighted by Gasteiger charge is 2.38. The van der Waals surface area contributed by atoms with Gasteiger partial charge in [0.1, 0.15) is 0 Å². The van der Waals surface area contributed by atoms with Crippen LogP contribution in [-0.4, -0.2) is 46.7 Å². The van der Waals surface area contributed by atoms with E-state index in [1.54, 1.807) is 6.08 Å². The van der Waals surface area contributed by atoms with Crippen LogP contribution in [0.2, 0.25) is 0 Å². The maximum absolute atomic E-state index is 12.2. The summed E-state index contributed by atoms with van der Waals surface area (Å²) < 4.78 is 0. The van der Waals surface area contributed by atoms with E-state index < -0.39 is 11.4 Å². The Morgan fingerprint density at radius 1 is 1.26 bits per heavy atom. The molecule has 1 saturated carbocycles. The maximum atomic E-state index is 12.2. The van der Waals surface area contributed by atoms with Crippen molar-refractivity contribution in [2.75, 3.05) is 19.7 Å². The van der Waals surface area contributed by atoms with E-state index in [2.05, 4.69) is 6.58 Å². The fourth-order valence-electron chi connectivity index (χ4n) is 2.89. The summed E-state index contributed by atoms with van der Waals surface area (Å²) in [6.45, 7) is 4.16. The fraction of sp³-hybridized carbons (Fsp3) is 0.714. The average molecular weight is 269 g/mol. The minimum atomic E-state index is -0.841. The van der Waals surface area contributed by atoms with Crippen LogP contribution in [0.25, 0.3) is 0 Å². The van der Waals surface area contributed by atoms with E-state index in [9.17, 15) is 9.59 Å². The van der Waals surface area contributed by atoms with Gasteiger partial charge in [-0.1, -0.05) is 18.9 Å². The van der Waals surface area contributed by atoms with E-state index in [0.29, 0.717) is 6.54 Å². The first-order valence-electron chi connectivity index (χ1n) is 6.74. The van der Waals surface area contributed by atoms with Crippen molar-refractivity contribution in [2.45, 2.75) is 38.5 Å². The van der Waals surface area contributed by atoms with Crippen molar-refractivity contribution < 1.29 is 19.8 Å². The molecule has 0 aliphatic heterocycles. The molecule has 0 heterocycles. The highest BCUT2D eigenvalue weighted by molar-refractivity contribution is 5.78. The smallest absolute Gasteiger partial charge is 0.303 e. The molecule has 0 radical (unpaired) electrons. The summed E-state index contributed by atoms with van der Waals surface area (Å²) in [6, 6.07) is 0. The molecule has 1 amide bonds. The normalized spacial score (nSPS) is 17.1. The second-order valence-corrected chi connectivity index (χ2v) is 5.31. The lowest BCUT2D eigenvalue weighted by Gasteiger charge is -2.30. The van der Waals surface area contributed by atoms with Crippen LogP contribution < -0.4 is 0 Å². The summed E-state index contributed by atoms with van der Waals surface area (Å²) in [6.07, 6.45) is 5.50. The molecule has 0 spiro atoms. The molecule has 5 heteroatoms. The third kappa shape index (κ3) is 4.67. The Labute approximate surface area is 113 Å². The molecule has 0 saturated heterocycles. The van der Waals surface area contributed by atoms with E-state index in [1.165, 1.54) is 4.90 Å². The number of hydrogen-bond acceptors (Lipinski definition) is 3. The predicted molar refractivity (Wildman–Crippen MR) is 71.6 cm³/mol. The van der Waals surface area contributed by atoms with Crippen LogP contribution in [0.1, 0.15) is 38.5 Å². The number of amides is 1. The van der Waals surface area contributed by atoms with Gasteiger partial charge in [-0.2, -0.15) is 0 Å². The van der Waals surface area contributed by atoms with Crippen molar-refractivity contribution in [3.05, 3.63) is 12.7 Å².